The Kier molecular flexibility index (Phi) is 7.64. The summed E-state index contributed by atoms with van der Waals surface area (Å²) in [5, 5.41) is 7.73. The van der Waals surface area contributed by atoms with Crippen molar-refractivity contribution in [3.63, 3.8) is 0 Å². The Morgan fingerprint density at radius 3 is 2.38 bits per heavy atom. The molecule has 0 aliphatic rings. The van der Waals surface area contributed by atoms with Crippen molar-refractivity contribution in [2.45, 2.75) is 27.4 Å². The van der Waals surface area contributed by atoms with Gasteiger partial charge in [-0.05, 0) is 26.3 Å². The number of hydrogen-bond acceptors (Lipinski definition) is 9. The van der Waals surface area contributed by atoms with Gasteiger partial charge in [-0.3, -0.25) is 0 Å². The highest BCUT2D eigenvalue weighted by Gasteiger charge is 2.20. The van der Waals surface area contributed by atoms with Crippen molar-refractivity contribution < 1.29 is 23.9 Å². The van der Waals surface area contributed by atoms with Gasteiger partial charge in [0, 0.05) is 11.1 Å². The van der Waals surface area contributed by atoms with Crippen molar-refractivity contribution in [2.75, 3.05) is 21.3 Å². The van der Waals surface area contributed by atoms with Crippen molar-refractivity contribution in [3.05, 3.63) is 52.5 Å². The Morgan fingerprint density at radius 1 is 1.03 bits per heavy atom. The average Bonchev–Trinajstić information content (AvgIpc) is 2.72. The lowest BCUT2D eigenvalue weighted by Gasteiger charge is -2.14. The van der Waals surface area contributed by atoms with E-state index in [4.69, 9.17) is 19.1 Å². The van der Waals surface area contributed by atoms with Crippen LogP contribution in [0.2, 0.25) is 0 Å². The molecule has 0 saturated carbocycles. The van der Waals surface area contributed by atoms with Crippen LogP contribution in [0.5, 0.6) is 5.88 Å². The summed E-state index contributed by atoms with van der Waals surface area (Å²) in [6.07, 6.45) is 0. The van der Waals surface area contributed by atoms with Crippen LogP contribution in [-0.2, 0) is 25.8 Å². The number of benzene rings is 1. The lowest BCUT2D eigenvalue weighted by atomic mass is 10.0. The van der Waals surface area contributed by atoms with Crippen LogP contribution in [0.1, 0.15) is 35.1 Å². The van der Waals surface area contributed by atoms with Crippen molar-refractivity contribution >= 4 is 17.4 Å². The number of carbonyl (C=O) groups is 1. The first-order valence-electron chi connectivity index (χ1n) is 8.76. The van der Waals surface area contributed by atoms with Gasteiger partial charge in [0.15, 0.2) is 5.71 Å². The number of hydrogen-bond donors (Lipinski definition) is 0. The Balaban J connectivity index is 2.38. The fraction of sp³-hybridized carbons (Fsp3) is 0.350. The lowest BCUT2D eigenvalue weighted by molar-refractivity contribution is -0.132. The zero-order valence-electron chi connectivity index (χ0n) is 17.3. The van der Waals surface area contributed by atoms with Crippen LogP contribution < -0.4 is 4.74 Å². The molecular formula is C20H24N4O5. The molecule has 0 atom stereocenters. The summed E-state index contributed by atoms with van der Waals surface area (Å²) >= 11 is 0. The summed E-state index contributed by atoms with van der Waals surface area (Å²) < 4.78 is 10.8. The van der Waals surface area contributed by atoms with Gasteiger partial charge in [0.05, 0.1) is 12.8 Å². The van der Waals surface area contributed by atoms with E-state index in [1.54, 1.807) is 26.0 Å². The topological polar surface area (TPSA) is 104 Å². The van der Waals surface area contributed by atoms with Crippen LogP contribution in [0.15, 0.2) is 34.6 Å². The van der Waals surface area contributed by atoms with Gasteiger partial charge in [0.25, 0.3) is 0 Å². The smallest absolute Gasteiger partial charge is 0.360 e. The summed E-state index contributed by atoms with van der Waals surface area (Å²) in [6.45, 7) is 5.55. The molecule has 9 nitrogen and oxygen atoms in total. The van der Waals surface area contributed by atoms with E-state index < -0.39 is 5.97 Å². The average molecular weight is 400 g/mol. The van der Waals surface area contributed by atoms with E-state index >= 15 is 0 Å². The maximum absolute atomic E-state index is 12.1. The lowest BCUT2D eigenvalue weighted by Crippen LogP contribution is -2.20. The zero-order valence-corrected chi connectivity index (χ0v) is 17.3. The van der Waals surface area contributed by atoms with Crippen LogP contribution in [0.3, 0.4) is 0 Å². The van der Waals surface area contributed by atoms with Gasteiger partial charge in [-0.2, -0.15) is 4.98 Å². The Hall–Kier alpha value is -3.49. The second kappa shape index (κ2) is 10.2. The number of aryl methyl sites for hydroxylation is 1. The number of oxime groups is 2. The minimum absolute atomic E-state index is 0.0496. The van der Waals surface area contributed by atoms with E-state index in [-0.39, 0.29) is 12.3 Å². The first-order chi connectivity index (χ1) is 13.9. The van der Waals surface area contributed by atoms with Gasteiger partial charge >= 0.3 is 5.97 Å². The van der Waals surface area contributed by atoms with Crippen LogP contribution in [0.4, 0.5) is 0 Å². The number of carbonyl (C=O) groups excluding carboxylic acids is 1. The van der Waals surface area contributed by atoms with E-state index in [0.29, 0.717) is 34.2 Å². The highest BCUT2D eigenvalue weighted by atomic mass is 16.6. The standard InChI is InChI=1S/C20H24N4O5/c1-12-17(13(2)23-27-5)21-14(3)22-19(12)29-11-15-9-7-8-10-16(15)18(24-28-6)20(25)26-4/h7-10H,11H2,1-6H3/b23-13-,24-18+. The molecule has 154 valence electrons. The summed E-state index contributed by atoms with van der Waals surface area (Å²) in [6, 6.07) is 7.19. The molecule has 1 aromatic heterocycles. The predicted octanol–water partition coefficient (Wildman–Crippen LogP) is 2.57. The molecule has 0 unspecified atom stereocenters. The van der Waals surface area contributed by atoms with E-state index in [1.165, 1.54) is 21.3 Å². The molecule has 0 spiro atoms. The molecule has 1 aromatic carbocycles. The third-order valence-corrected chi connectivity index (χ3v) is 3.98. The Morgan fingerprint density at radius 2 is 1.72 bits per heavy atom. The Bertz CT molecular complexity index is 940. The minimum Gasteiger partial charge on any atom is -0.472 e. The summed E-state index contributed by atoms with van der Waals surface area (Å²) in [7, 11) is 4.12. The van der Waals surface area contributed by atoms with Crippen LogP contribution in [0.25, 0.3) is 0 Å². The SMILES string of the molecule is CO/N=C(/C)c1nc(C)nc(OCc2ccccc2/C(=N\OC)C(=O)OC)c1C. The fourth-order valence-corrected chi connectivity index (χ4v) is 2.68. The van der Waals surface area contributed by atoms with Crippen LogP contribution in [-0.4, -0.2) is 48.7 Å². The molecule has 0 amide bonds. The summed E-state index contributed by atoms with van der Waals surface area (Å²) in [4.78, 5) is 30.5. The predicted molar refractivity (Wildman–Crippen MR) is 107 cm³/mol. The van der Waals surface area contributed by atoms with Gasteiger partial charge in [-0.25, -0.2) is 9.78 Å². The molecular weight excluding hydrogens is 376 g/mol. The van der Waals surface area contributed by atoms with E-state index in [0.717, 1.165) is 5.56 Å². The molecule has 0 bridgehead atoms. The number of nitrogens with zero attached hydrogens (tertiary/aromatic N) is 4. The molecule has 1 heterocycles. The second-order valence-electron chi connectivity index (χ2n) is 5.97. The first-order valence-corrected chi connectivity index (χ1v) is 8.76. The minimum atomic E-state index is -0.609. The second-order valence-corrected chi connectivity index (χ2v) is 5.97. The Labute approximate surface area is 169 Å². The van der Waals surface area contributed by atoms with Gasteiger partial charge in [-0.15, -0.1) is 0 Å². The van der Waals surface area contributed by atoms with Crippen molar-refractivity contribution in [1.29, 1.82) is 0 Å². The highest BCUT2D eigenvalue weighted by Crippen LogP contribution is 2.21. The molecule has 9 heteroatoms. The maximum atomic E-state index is 12.1. The van der Waals surface area contributed by atoms with E-state index in [1.807, 2.05) is 19.1 Å². The van der Waals surface area contributed by atoms with E-state index in [2.05, 4.69) is 20.3 Å². The third kappa shape index (κ3) is 5.28. The fourth-order valence-electron chi connectivity index (χ4n) is 2.68. The van der Waals surface area contributed by atoms with Crippen LogP contribution >= 0.6 is 0 Å². The molecule has 0 N–H and O–H groups in total. The highest BCUT2D eigenvalue weighted by molar-refractivity contribution is 6.43. The van der Waals surface area contributed by atoms with Gasteiger partial charge < -0.3 is 19.1 Å². The van der Waals surface area contributed by atoms with Crippen molar-refractivity contribution in [1.82, 2.24) is 9.97 Å². The molecule has 2 rings (SSSR count). The van der Waals surface area contributed by atoms with Gasteiger partial charge in [0.2, 0.25) is 5.88 Å². The molecule has 0 aliphatic heterocycles. The quantitative estimate of drug-likeness (QED) is 0.381. The largest absolute Gasteiger partial charge is 0.472 e. The van der Waals surface area contributed by atoms with Crippen LogP contribution in [0, 0.1) is 13.8 Å². The number of rotatable bonds is 8. The normalized spacial score (nSPS) is 11.8. The number of ether oxygens (including phenoxy) is 2. The molecule has 29 heavy (non-hydrogen) atoms. The van der Waals surface area contributed by atoms with E-state index in [9.17, 15) is 4.79 Å². The number of methoxy groups -OCH3 is 1. The molecule has 0 radical (unpaired) electrons. The van der Waals surface area contributed by atoms with Gasteiger partial charge in [0.1, 0.15) is 32.4 Å². The number of aromatic nitrogens is 2. The molecule has 0 saturated heterocycles. The molecule has 0 fully saturated rings. The number of esters is 1. The third-order valence-electron chi connectivity index (χ3n) is 3.98. The summed E-state index contributed by atoms with van der Waals surface area (Å²) in [5.74, 6) is 0.342. The monoisotopic (exact) mass is 400 g/mol. The summed E-state index contributed by atoms with van der Waals surface area (Å²) in [5.41, 5.74) is 3.29. The first kappa shape index (κ1) is 21.8. The maximum Gasteiger partial charge on any atom is 0.360 e. The van der Waals surface area contributed by atoms with Crippen molar-refractivity contribution in [2.24, 2.45) is 10.3 Å². The molecule has 2 aromatic rings. The zero-order chi connectivity index (χ0) is 21.4. The molecule has 0 aliphatic carbocycles. The van der Waals surface area contributed by atoms with Crippen molar-refractivity contribution in [3.8, 4) is 5.88 Å². The van der Waals surface area contributed by atoms with Gasteiger partial charge in [-0.1, -0.05) is 34.6 Å².